The first-order valence-corrected chi connectivity index (χ1v) is 7.59. The van der Waals surface area contributed by atoms with Crippen molar-refractivity contribution in [2.45, 2.75) is 25.1 Å². The summed E-state index contributed by atoms with van der Waals surface area (Å²) < 4.78 is 4.62. The lowest BCUT2D eigenvalue weighted by Crippen LogP contribution is -2.51. The topological polar surface area (TPSA) is 49.9 Å². The fourth-order valence-corrected chi connectivity index (χ4v) is 2.29. The van der Waals surface area contributed by atoms with Crippen LogP contribution in [0, 0.1) is 5.92 Å². The highest BCUT2D eigenvalue weighted by molar-refractivity contribution is 9.10. The number of hydrogen-bond acceptors (Lipinski definition) is 4. The van der Waals surface area contributed by atoms with Crippen LogP contribution in [0.3, 0.4) is 0 Å². The second-order valence-corrected chi connectivity index (χ2v) is 6.13. The van der Waals surface area contributed by atoms with Gasteiger partial charge in [-0.15, -0.1) is 0 Å². The molecule has 0 radical (unpaired) electrons. The number of amides is 1. The number of carbonyl (C=O) groups excluding carboxylic acids is 2. The van der Waals surface area contributed by atoms with E-state index in [1.807, 2.05) is 18.7 Å². The van der Waals surface area contributed by atoms with E-state index in [1.54, 1.807) is 0 Å². The molecule has 6 heteroatoms. The number of methoxy groups -OCH3 is 1. The summed E-state index contributed by atoms with van der Waals surface area (Å²) in [6.07, 6.45) is 0.414. The van der Waals surface area contributed by atoms with Gasteiger partial charge in [0.2, 0.25) is 5.91 Å². The van der Waals surface area contributed by atoms with Gasteiger partial charge in [-0.25, -0.2) is 0 Å². The van der Waals surface area contributed by atoms with Gasteiger partial charge < -0.3 is 9.64 Å². The van der Waals surface area contributed by atoms with Crippen molar-refractivity contribution in [2.75, 3.05) is 39.8 Å². The number of halogens is 1. The van der Waals surface area contributed by atoms with Crippen LogP contribution >= 0.6 is 15.9 Å². The number of esters is 1. The maximum absolute atomic E-state index is 12.1. The molecule has 0 aromatic heterocycles. The number of nitrogens with zero attached hydrogens (tertiary/aromatic N) is 2. The second kappa shape index (κ2) is 7.85. The fourth-order valence-electron chi connectivity index (χ4n) is 2.00. The minimum atomic E-state index is -0.182. The third kappa shape index (κ3) is 5.10. The molecule has 0 spiro atoms. The molecule has 19 heavy (non-hydrogen) atoms. The second-order valence-electron chi connectivity index (χ2n) is 5.14. The van der Waals surface area contributed by atoms with E-state index in [0.717, 1.165) is 26.2 Å². The van der Waals surface area contributed by atoms with Crippen LogP contribution in [0.5, 0.6) is 0 Å². The van der Waals surface area contributed by atoms with Gasteiger partial charge in [0.25, 0.3) is 0 Å². The molecule has 0 saturated carbocycles. The minimum absolute atomic E-state index is 0.103. The quantitative estimate of drug-likeness (QED) is 0.558. The van der Waals surface area contributed by atoms with Crippen LogP contribution < -0.4 is 0 Å². The highest BCUT2D eigenvalue weighted by Crippen LogP contribution is 2.16. The van der Waals surface area contributed by atoms with E-state index in [9.17, 15) is 9.59 Å². The van der Waals surface area contributed by atoms with Crippen molar-refractivity contribution in [2.24, 2.45) is 5.92 Å². The first kappa shape index (κ1) is 16.4. The molecular formula is C13H23BrN2O3. The van der Waals surface area contributed by atoms with Crippen LogP contribution in [0.2, 0.25) is 0 Å². The third-order valence-corrected chi connectivity index (χ3v) is 4.81. The van der Waals surface area contributed by atoms with Crippen molar-refractivity contribution >= 4 is 27.8 Å². The van der Waals surface area contributed by atoms with Crippen LogP contribution in [0.1, 0.15) is 20.3 Å². The monoisotopic (exact) mass is 334 g/mol. The normalized spacial score (nSPS) is 18.5. The highest BCUT2D eigenvalue weighted by atomic mass is 79.9. The standard InChI is InChI=1S/C13H23BrN2O3/c1-10(2)12(14)13(18)16-8-6-15(7-9-16)5-4-11(17)19-3/h10,12H,4-9H2,1-3H3. The number of ether oxygens (including phenoxy) is 1. The maximum atomic E-state index is 12.1. The van der Waals surface area contributed by atoms with Gasteiger partial charge in [0.15, 0.2) is 0 Å². The molecule has 1 rings (SSSR count). The van der Waals surface area contributed by atoms with Gasteiger partial charge in [-0.2, -0.15) is 0 Å². The van der Waals surface area contributed by atoms with Crippen molar-refractivity contribution in [1.82, 2.24) is 9.80 Å². The molecule has 1 fully saturated rings. The zero-order valence-electron chi connectivity index (χ0n) is 11.9. The summed E-state index contributed by atoms with van der Waals surface area (Å²) in [6, 6.07) is 0. The Bertz CT molecular complexity index is 315. The average Bonchev–Trinajstić information content (AvgIpc) is 2.43. The molecule has 1 unspecified atom stereocenters. The third-order valence-electron chi connectivity index (χ3n) is 3.37. The first-order valence-electron chi connectivity index (χ1n) is 6.67. The summed E-state index contributed by atoms with van der Waals surface area (Å²) in [4.78, 5) is 27.2. The van der Waals surface area contributed by atoms with Gasteiger partial charge in [-0.05, 0) is 5.92 Å². The summed E-state index contributed by atoms with van der Waals surface area (Å²) in [5, 5.41) is 0. The molecule has 0 bridgehead atoms. The van der Waals surface area contributed by atoms with E-state index >= 15 is 0 Å². The van der Waals surface area contributed by atoms with Crippen molar-refractivity contribution in [1.29, 1.82) is 0 Å². The van der Waals surface area contributed by atoms with E-state index < -0.39 is 0 Å². The number of hydrogen-bond donors (Lipinski definition) is 0. The van der Waals surface area contributed by atoms with Gasteiger partial charge in [0.1, 0.15) is 0 Å². The molecular weight excluding hydrogens is 312 g/mol. The Hall–Kier alpha value is -0.620. The molecule has 1 aliphatic heterocycles. The van der Waals surface area contributed by atoms with Gasteiger partial charge in [-0.3, -0.25) is 14.5 Å². The smallest absolute Gasteiger partial charge is 0.306 e. The molecule has 1 heterocycles. The Morgan fingerprint density at radius 1 is 1.21 bits per heavy atom. The van der Waals surface area contributed by atoms with Crippen molar-refractivity contribution in [3.05, 3.63) is 0 Å². The largest absolute Gasteiger partial charge is 0.469 e. The SMILES string of the molecule is COC(=O)CCN1CCN(C(=O)C(Br)C(C)C)CC1. The Morgan fingerprint density at radius 3 is 2.26 bits per heavy atom. The Kier molecular flexibility index (Phi) is 6.79. The van der Waals surface area contributed by atoms with Crippen LogP contribution in [0.15, 0.2) is 0 Å². The molecule has 0 aromatic rings. The van der Waals surface area contributed by atoms with Gasteiger partial charge in [0.05, 0.1) is 18.4 Å². The molecule has 1 saturated heterocycles. The minimum Gasteiger partial charge on any atom is -0.469 e. The molecule has 0 aromatic carbocycles. The van der Waals surface area contributed by atoms with Crippen LogP contribution in [-0.2, 0) is 14.3 Å². The zero-order chi connectivity index (χ0) is 14.4. The molecule has 0 aliphatic carbocycles. The molecule has 110 valence electrons. The number of alkyl halides is 1. The number of carbonyl (C=O) groups is 2. The lowest BCUT2D eigenvalue weighted by Gasteiger charge is -2.36. The van der Waals surface area contributed by atoms with Crippen LogP contribution in [-0.4, -0.2) is 66.3 Å². The lowest BCUT2D eigenvalue weighted by molar-refractivity contribution is -0.141. The first-order chi connectivity index (χ1) is 8.95. The summed E-state index contributed by atoms with van der Waals surface area (Å²) in [7, 11) is 1.40. The molecule has 1 aliphatic rings. The Balaban J connectivity index is 2.32. The predicted molar refractivity (Wildman–Crippen MR) is 77.2 cm³/mol. The Labute approximate surface area is 123 Å². The van der Waals surface area contributed by atoms with E-state index in [-0.39, 0.29) is 16.7 Å². The van der Waals surface area contributed by atoms with Crippen molar-refractivity contribution in [3.8, 4) is 0 Å². The zero-order valence-corrected chi connectivity index (χ0v) is 13.5. The van der Waals surface area contributed by atoms with E-state index in [1.165, 1.54) is 7.11 Å². The number of piperazine rings is 1. The molecule has 5 nitrogen and oxygen atoms in total. The van der Waals surface area contributed by atoms with Gasteiger partial charge in [-0.1, -0.05) is 29.8 Å². The molecule has 1 atom stereocenters. The van der Waals surface area contributed by atoms with Crippen LogP contribution in [0.25, 0.3) is 0 Å². The summed E-state index contributed by atoms with van der Waals surface area (Å²) in [5.74, 6) is 0.284. The highest BCUT2D eigenvalue weighted by Gasteiger charge is 2.27. The maximum Gasteiger partial charge on any atom is 0.306 e. The Morgan fingerprint density at radius 2 is 1.79 bits per heavy atom. The van der Waals surface area contributed by atoms with Crippen molar-refractivity contribution < 1.29 is 14.3 Å². The van der Waals surface area contributed by atoms with E-state index in [4.69, 9.17) is 0 Å². The fraction of sp³-hybridized carbons (Fsp3) is 0.846. The van der Waals surface area contributed by atoms with Gasteiger partial charge >= 0.3 is 5.97 Å². The molecule has 1 amide bonds. The lowest BCUT2D eigenvalue weighted by atomic mass is 10.1. The molecule has 0 N–H and O–H groups in total. The average molecular weight is 335 g/mol. The predicted octanol–water partition coefficient (Wildman–Crippen LogP) is 1.11. The van der Waals surface area contributed by atoms with Crippen LogP contribution in [0.4, 0.5) is 0 Å². The summed E-state index contributed by atoms with van der Waals surface area (Å²) in [6.45, 7) is 7.87. The van der Waals surface area contributed by atoms with Gasteiger partial charge in [0, 0.05) is 32.7 Å². The summed E-state index contributed by atoms with van der Waals surface area (Å²) >= 11 is 3.45. The van der Waals surface area contributed by atoms with Crippen molar-refractivity contribution in [3.63, 3.8) is 0 Å². The van der Waals surface area contributed by atoms with E-state index in [2.05, 4.69) is 25.6 Å². The number of rotatable bonds is 5. The van der Waals surface area contributed by atoms with E-state index in [0.29, 0.717) is 18.9 Å². The summed E-state index contributed by atoms with van der Waals surface area (Å²) in [5.41, 5.74) is 0.